The van der Waals surface area contributed by atoms with Gasteiger partial charge in [-0.1, -0.05) is 17.7 Å². The van der Waals surface area contributed by atoms with E-state index in [4.69, 9.17) is 16.9 Å². The molecule has 0 saturated heterocycles. The van der Waals surface area contributed by atoms with Crippen molar-refractivity contribution in [2.24, 2.45) is 0 Å². The van der Waals surface area contributed by atoms with E-state index in [1.807, 2.05) is 37.4 Å². The van der Waals surface area contributed by atoms with Crippen LogP contribution in [0.4, 0.5) is 0 Å². The van der Waals surface area contributed by atoms with E-state index in [2.05, 4.69) is 11.4 Å². The van der Waals surface area contributed by atoms with Crippen LogP contribution in [0.2, 0.25) is 5.02 Å². The van der Waals surface area contributed by atoms with Crippen molar-refractivity contribution in [3.8, 4) is 16.5 Å². The second kappa shape index (κ2) is 5.33. The van der Waals surface area contributed by atoms with E-state index in [0.717, 1.165) is 21.9 Å². The second-order valence-corrected chi connectivity index (χ2v) is 5.13. The summed E-state index contributed by atoms with van der Waals surface area (Å²) in [4.78, 5) is 1.80. The lowest BCUT2D eigenvalue weighted by molar-refractivity contribution is 0.820. The molecule has 0 spiro atoms. The van der Waals surface area contributed by atoms with Crippen molar-refractivity contribution in [1.29, 1.82) is 5.26 Å². The van der Waals surface area contributed by atoms with Crippen LogP contribution in [-0.2, 0) is 6.54 Å². The van der Waals surface area contributed by atoms with Gasteiger partial charge in [0.1, 0.15) is 10.9 Å². The summed E-state index contributed by atoms with van der Waals surface area (Å²) in [5.41, 5.74) is 2.28. The van der Waals surface area contributed by atoms with Crippen molar-refractivity contribution < 1.29 is 0 Å². The molecule has 0 radical (unpaired) electrons. The van der Waals surface area contributed by atoms with E-state index < -0.39 is 0 Å². The quantitative estimate of drug-likeness (QED) is 0.916. The summed E-state index contributed by atoms with van der Waals surface area (Å²) in [5, 5.41) is 12.7. The minimum absolute atomic E-state index is 0.715. The summed E-state index contributed by atoms with van der Waals surface area (Å²) < 4.78 is 0. The summed E-state index contributed by atoms with van der Waals surface area (Å²) >= 11 is 7.51. The van der Waals surface area contributed by atoms with Gasteiger partial charge in [0.15, 0.2) is 0 Å². The number of hydrogen-bond donors (Lipinski definition) is 1. The van der Waals surface area contributed by atoms with Crippen LogP contribution >= 0.6 is 22.9 Å². The molecule has 2 rings (SSSR count). The molecule has 0 saturated carbocycles. The highest BCUT2D eigenvalue weighted by Gasteiger charge is 2.08. The summed E-state index contributed by atoms with van der Waals surface area (Å²) in [6.45, 7) is 0.784. The molecular formula is C13H11ClN2S. The molecule has 1 N–H and O–H groups in total. The maximum atomic E-state index is 8.85. The molecular weight excluding hydrogens is 252 g/mol. The first-order valence-electron chi connectivity index (χ1n) is 5.18. The lowest BCUT2D eigenvalue weighted by Gasteiger charge is -2.07. The number of thiophene rings is 1. The van der Waals surface area contributed by atoms with Gasteiger partial charge < -0.3 is 5.32 Å². The summed E-state index contributed by atoms with van der Waals surface area (Å²) in [5.74, 6) is 0. The number of rotatable bonds is 3. The Hall–Kier alpha value is -1.34. The molecule has 0 aliphatic heterocycles. The van der Waals surface area contributed by atoms with Crippen LogP contribution in [0.25, 0.3) is 10.4 Å². The highest BCUT2D eigenvalue weighted by molar-refractivity contribution is 7.16. The number of hydrogen-bond acceptors (Lipinski definition) is 3. The zero-order valence-corrected chi connectivity index (χ0v) is 10.9. The maximum absolute atomic E-state index is 8.85. The number of benzene rings is 1. The number of nitrogens with one attached hydrogen (secondary N) is 1. The highest BCUT2D eigenvalue weighted by Crippen LogP contribution is 2.32. The molecule has 4 heteroatoms. The van der Waals surface area contributed by atoms with Gasteiger partial charge in [-0.25, -0.2) is 0 Å². The summed E-state index contributed by atoms with van der Waals surface area (Å²) in [7, 11) is 1.91. The molecule has 2 aromatic rings. The maximum Gasteiger partial charge on any atom is 0.110 e. The Morgan fingerprint density at radius 1 is 1.35 bits per heavy atom. The van der Waals surface area contributed by atoms with Crippen molar-refractivity contribution in [3.63, 3.8) is 0 Å². The molecule has 17 heavy (non-hydrogen) atoms. The average molecular weight is 263 g/mol. The Morgan fingerprint density at radius 2 is 2.18 bits per heavy atom. The first-order chi connectivity index (χ1) is 8.24. The van der Waals surface area contributed by atoms with Gasteiger partial charge in [-0.2, -0.15) is 5.26 Å². The second-order valence-electron chi connectivity index (χ2n) is 3.61. The fourth-order valence-electron chi connectivity index (χ4n) is 1.67. The Bertz CT molecular complexity index is 569. The van der Waals surface area contributed by atoms with Gasteiger partial charge in [-0.3, -0.25) is 0 Å². The molecule has 86 valence electrons. The van der Waals surface area contributed by atoms with Crippen molar-refractivity contribution in [3.05, 3.63) is 45.8 Å². The van der Waals surface area contributed by atoms with Gasteiger partial charge >= 0.3 is 0 Å². The fraction of sp³-hybridized carbons (Fsp3) is 0.154. The molecule has 1 aromatic heterocycles. The minimum atomic E-state index is 0.715. The SMILES string of the molecule is CNCc1ccc(Cl)cc1-c1ccc(C#N)s1. The lowest BCUT2D eigenvalue weighted by atomic mass is 10.1. The molecule has 0 amide bonds. The van der Waals surface area contributed by atoms with Gasteiger partial charge in [0.25, 0.3) is 0 Å². The van der Waals surface area contributed by atoms with Gasteiger partial charge in [-0.15, -0.1) is 11.3 Å². The summed E-state index contributed by atoms with van der Waals surface area (Å²) in [6, 6.07) is 11.8. The van der Waals surface area contributed by atoms with Crippen LogP contribution < -0.4 is 5.32 Å². The Morgan fingerprint density at radius 3 is 2.82 bits per heavy atom. The van der Waals surface area contributed by atoms with E-state index in [-0.39, 0.29) is 0 Å². The van der Waals surface area contributed by atoms with Gasteiger partial charge in [0, 0.05) is 16.4 Å². The van der Waals surface area contributed by atoms with Crippen molar-refractivity contribution >= 4 is 22.9 Å². The molecule has 0 unspecified atom stereocenters. The van der Waals surface area contributed by atoms with Gasteiger partial charge in [0.05, 0.1) is 0 Å². The molecule has 0 aliphatic carbocycles. The van der Waals surface area contributed by atoms with Crippen molar-refractivity contribution in [1.82, 2.24) is 5.32 Å². The molecule has 0 aliphatic rings. The predicted octanol–water partition coefficient (Wildman–Crippen LogP) is 3.66. The standard InChI is InChI=1S/C13H11ClN2S/c1-16-8-9-2-3-10(14)6-12(9)13-5-4-11(7-15)17-13/h2-6,16H,8H2,1H3. The Kier molecular flexibility index (Phi) is 3.80. The molecule has 0 bridgehead atoms. The first kappa shape index (κ1) is 12.1. The average Bonchev–Trinajstić information content (AvgIpc) is 2.80. The van der Waals surface area contributed by atoms with E-state index in [1.165, 1.54) is 16.9 Å². The Labute approximate surface area is 109 Å². The third kappa shape index (κ3) is 2.67. The zero-order chi connectivity index (χ0) is 12.3. The van der Waals surface area contributed by atoms with Crippen molar-refractivity contribution in [2.45, 2.75) is 6.54 Å². The topological polar surface area (TPSA) is 35.8 Å². The predicted molar refractivity (Wildman–Crippen MR) is 72.2 cm³/mol. The van der Waals surface area contributed by atoms with Crippen LogP contribution in [0.15, 0.2) is 30.3 Å². The molecule has 1 heterocycles. The molecule has 0 atom stereocenters. The zero-order valence-electron chi connectivity index (χ0n) is 9.33. The van der Waals surface area contributed by atoms with Crippen LogP contribution in [0.1, 0.15) is 10.4 Å². The van der Waals surface area contributed by atoms with Crippen LogP contribution in [0, 0.1) is 11.3 Å². The monoisotopic (exact) mass is 262 g/mol. The highest BCUT2D eigenvalue weighted by atomic mass is 35.5. The van der Waals surface area contributed by atoms with E-state index >= 15 is 0 Å². The largest absolute Gasteiger partial charge is 0.316 e. The van der Waals surface area contributed by atoms with E-state index in [0.29, 0.717) is 5.02 Å². The van der Waals surface area contributed by atoms with Crippen LogP contribution in [0.3, 0.4) is 0 Å². The summed E-state index contributed by atoms with van der Waals surface area (Å²) in [6.07, 6.45) is 0. The fourth-order valence-corrected chi connectivity index (χ4v) is 2.69. The normalized spacial score (nSPS) is 10.2. The van der Waals surface area contributed by atoms with Crippen LogP contribution in [0.5, 0.6) is 0 Å². The third-order valence-corrected chi connectivity index (χ3v) is 3.68. The molecule has 2 nitrogen and oxygen atoms in total. The molecule has 1 aromatic carbocycles. The minimum Gasteiger partial charge on any atom is -0.316 e. The smallest absolute Gasteiger partial charge is 0.110 e. The Balaban J connectivity index is 2.49. The van der Waals surface area contributed by atoms with Crippen molar-refractivity contribution in [2.75, 3.05) is 7.05 Å². The number of nitrogens with zero attached hydrogens (tertiary/aromatic N) is 1. The first-order valence-corrected chi connectivity index (χ1v) is 6.37. The van der Waals surface area contributed by atoms with Crippen LogP contribution in [-0.4, -0.2) is 7.05 Å². The number of nitriles is 1. The van der Waals surface area contributed by atoms with E-state index in [9.17, 15) is 0 Å². The van der Waals surface area contributed by atoms with Gasteiger partial charge in [-0.05, 0) is 42.4 Å². The lowest BCUT2D eigenvalue weighted by Crippen LogP contribution is -2.05. The molecule has 0 fully saturated rings. The van der Waals surface area contributed by atoms with E-state index in [1.54, 1.807) is 0 Å². The number of halogens is 1. The van der Waals surface area contributed by atoms with Gasteiger partial charge in [0.2, 0.25) is 0 Å². The third-order valence-electron chi connectivity index (χ3n) is 2.42.